The molecule has 0 aliphatic heterocycles. The summed E-state index contributed by atoms with van der Waals surface area (Å²) in [5.74, 6) is 0. The van der Waals surface area contributed by atoms with Gasteiger partial charge in [0.1, 0.15) is 0 Å². The fourth-order valence-electron chi connectivity index (χ4n) is 1.53. The van der Waals surface area contributed by atoms with E-state index in [0.29, 0.717) is 6.54 Å². The number of rotatable bonds is 3. The van der Waals surface area contributed by atoms with Gasteiger partial charge < -0.3 is 10.3 Å². The quantitative estimate of drug-likeness (QED) is 0.925. The molecular weight excluding hydrogens is 254 g/mol. The van der Waals surface area contributed by atoms with Crippen molar-refractivity contribution in [2.45, 2.75) is 13.1 Å². The summed E-state index contributed by atoms with van der Waals surface area (Å²) < 4.78 is 3.13. The van der Waals surface area contributed by atoms with Gasteiger partial charge in [-0.3, -0.25) is 4.98 Å². The van der Waals surface area contributed by atoms with E-state index in [1.165, 1.54) is 0 Å². The maximum atomic E-state index is 5.63. The first kappa shape index (κ1) is 10.4. The zero-order valence-corrected chi connectivity index (χ0v) is 9.81. The molecule has 2 aromatic rings. The summed E-state index contributed by atoms with van der Waals surface area (Å²) in [5, 5.41) is 0. The Bertz CT molecular complexity index is 451. The molecule has 0 radical (unpaired) electrons. The van der Waals surface area contributed by atoms with Gasteiger partial charge in [-0.15, -0.1) is 0 Å². The summed E-state index contributed by atoms with van der Waals surface area (Å²) in [6, 6.07) is 6.10. The van der Waals surface area contributed by atoms with Gasteiger partial charge in [-0.1, -0.05) is 0 Å². The molecule has 3 nitrogen and oxygen atoms in total. The molecule has 0 aliphatic carbocycles. The van der Waals surface area contributed by atoms with E-state index < -0.39 is 0 Å². The van der Waals surface area contributed by atoms with Crippen LogP contribution in [0, 0.1) is 0 Å². The Morgan fingerprint density at radius 1 is 1.40 bits per heavy atom. The van der Waals surface area contributed by atoms with E-state index in [-0.39, 0.29) is 0 Å². The Hall–Kier alpha value is -1.13. The van der Waals surface area contributed by atoms with Gasteiger partial charge in [0.05, 0.1) is 0 Å². The highest BCUT2D eigenvalue weighted by atomic mass is 79.9. The second kappa shape index (κ2) is 4.59. The van der Waals surface area contributed by atoms with Crippen molar-refractivity contribution >= 4 is 15.9 Å². The average molecular weight is 266 g/mol. The summed E-state index contributed by atoms with van der Waals surface area (Å²) in [6.45, 7) is 1.38. The van der Waals surface area contributed by atoms with Crippen LogP contribution in [0.4, 0.5) is 0 Å². The highest BCUT2D eigenvalue weighted by Gasteiger charge is 2.00. The number of aromatic nitrogens is 2. The minimum Gasteiger partial charge on any atom is -0.346 e. The van der Waals surface area contributed by atoms with E-state index in [1.807, 2.05) is 24.5 Å². The predicted octanol–water partition coefficient (Wildman–Crippen LogP) is 2.15. The molecule has 0 atom stereocenters. The lowest BCUT2D eigenvalue weighted by molar-refractivity contribution is 0.741. The normalized spacial score (nSPS) is 10.5. The van der Waals surface area contributed by atoms with Gasteiger partial charge in [-0.25, -0.2) is 0 Å². The third-order valence-corrected chi connectivity index (χ3v) is 2.68. The maximum Gasteiger partial charge on any atom is 0.0489 e. The van der Waals surface area contributed by atoms with Crippen molar-refractivity contribution in [3.05, 3.63) is 52.5 Å². The highest BCUT2D eigenvalue weighted by Crippen LogP contribution is 2.12. The monoisotopic (exact) mass is 265 g/mol. The van der Waals surface area contributed by atoms with Crippen LogP contribution in [0.2, 0.25) is 0 Å². The molecule has 0 saturated carbocycles. The molecule has 2 N–H and O–H groups in total. The predicted molar refractivity (Wildman–Crippen MR) is 63.4 cm³/mol. The second-order valence-electron chi connectivity index (χ2n) is 3.34. The molecule has 0 aliphatic rings. The van der Waals surface area contributed by atoms with Crippen LogP contribution in [-0.4, -0.2) is 9.55 Å². The molecule has 78 valence electrons. The number of halogens is 1. The molecular formula is C11H12BrN3. The third-order valence-electron chi connectivity index (χ3n) is 2.25. The lowest BCUT2D eigenvalue weighted by Gasteiger charge is -2.07. The summed E-state index contributed by atoms with van der Waals surface area (Å²) in [5.41, 5.74) is 7.93. The molecule has 15 heavy (non-hydrogen) atoms. The van der Waals surface area contributed by atoms with Crippen LogP contribution in [-0.2, 0) is 13.1 Å². The van der Waals surface area contributed by atoms with Crippen LogP contribution in [0.25, 0.3) is 0 Å². The van der Waals surface area contributed by atoms with E-state index in [9.17, 15) is 0 Å². The summed E-state index contributed by atoms with van der Waals surface area (Å²) in [6.07, 6.45) is 5.68. The van der Waals surface area contributed by atoms with Gasteiger partial charge in [0, 0.05) is 41.8 Å². The maximum absolute atomic E-state index is 5.63. The molecule has 0 spiro atoms. The van der Waals surface area contributed by atoms with Gasteiger partial charge >= 0.3 is 0 Å². The van der Waals surface area contributed by atoms with Crippen LogP contribution in [0.1, 0.15) is 11.3 Å². The van der Waals surface area contributed by atoms with Crippen molar-refractivity contribution < 1.29 is 0 Å². The van der Waals surface area contributed by atoms with Gasteiger partial charge in [0.25, 0.3) is 0 Å². The van der Waals surface area contributed by atoms with Crippen LogP contribution in [0.15, 0.2) is 41.3 Å². The van der Waals surface area contributed by atoms with Gasteiger partial charge in [0.2, 0.25) is 0 Å². The molecule has 0 fully saturated rings. The first-order chi connectivity index (χ1) is 7.29. The first-order valence-corrected chi connectivity index (χ1v) is 5.52. The summed E-state index contributed by atoms with van der Waals surface area (Å²) in [4.78, 5) is 4.13. The van der Waals surface area contributed by atoms with Crippen LogP contribution in [0.3, 0.4) is 0 Å². The van der Waals surface area contributed by atoms with Crippen molar-refractivity contribution in [2.75, 3.05) is 0 Å². The lowest BCUT2D eigenvalue weighted by atomic mass is 10.3. The molecule has 4 heteroatoms. The Kier molecular flexibility index (Phi) is 3.18. The number of hydrogen-bond acceptors (Lipinski definition) is 2. The Morgan fingerprint density at radius 3 is 3.00 bits per heavy atom. The van der Waals surface area contributed by atoms with E-state index >= 15 is 0 Å². The third kappa shape index (κ3) is 2.46. The molecule has 2 rings (SSSR count). The zero-order chi connectivity index (χ0) is 10.7. The minimum absolute atomic E-state index is 0.564. The largest absolute Gasteiger partial charge is 0.346 e. The Morgan fingerprint density at radius 2 is 2.27 bits per heavy atom. The zero-order valence-electron chi connectivity index (χ0n) is 8.23. The van der Waals surface area contributed by atoms with E-state index in [0.717, 1.165) is 22.3 Å². The van der Waals surface area contributed by atoms with Crippen molar-refractivity contribution in [2.24, 2.45) is 5.73 Å². The fraction of sp³-hybridized carbons (Fsp3) is 0.182. The standard InChI is InChI=1S/C11H12BrN3/c12-10-4-9(6-14-7-10)8-15-3-1-2-11(15)5-13/h1-4,6-7H,5,8,13H2. The molecule has 0 saturated heterocycles. The second-order valence-corrected chi connectivity index (χ2v) is 4.26. The van der Waals surface area contributed by atoms with Crippen LogP contribution >= 0.6 is 15.9 Å². The minimum atomic E-state index is 0.564. The average Bonchev–Trinajstić information content (AvgIpc) is 2.65. The van der Waals surface area contributed by atoms with E-state index in [4.69, 9.17) is 5.73 Å². The molecule has 0 amide bonds. The molecule has 2 heterocycles. The smallest absolute Gasteiger partial charge is 0.0489 e. The molecule has 0 aromatic carbocycles. The summed E-state index contributed by atoms with van der Waals surface area (Å²) >= 11 is 3.41. The number of nitrogens with two attached hydrogens (primary N) is 1. The fourth-order valence-corrected chi connectivity index (χ4v) is 1.94. The molecule has 0 bridgehead atoms. The number of nitrogens with zero attached hydrogens (tertiary/aromatic N) is 2. The van der Waals surface area contributed by atoms with Crippen molar-refractivity contribution in [1.29, 1.82) is 0 Å². The lowest BCUT2D eigenvalue weighted by Crippen LogP contribution is -2.07. The Labute approximate surface area is 97.1 Å². The van der Waals surface area contributed by atoms with Crippen molar-refractivity contribution in [3.63, 3.8) is 0 Å². The number of hydrogen-bond donors (Lipinski definition) is 1. The van der Waals surface area contributed by atoms with Gasteiger partial charge in [0.15, 0.2) is 0 Å². The van der Waals surface area contributed by atoms with Crippen LogP contribution in [0.5, 0.6) is 0 Å². The SMILES string of the molecule is NCc1cccn1Cc1cncc(Br)c1. The van der Waals surface area contributed by atoms with Crippen molar-refractivity contribution in [1.82, 2.24) is 9.55 Å². The van der Waals surface area contributed by atoms with E-state index in [2.05, 4.69) is 31.5 Å². The highest BCUT2D eigenvalue weighted by molar-refractivity contribution is 9.10. The van der Waals surface area contributed by atoms with Gasteiger partial charge in [-0.05, 0) is 39.7 Å². The van der Waals surface area contributed by atoms with Crippen LogP contribution < -0.4 is 5.73 Å². The first-order valence-electron chi connectivity index (χ1n) is 4.73. The molecule has 0 unspecified atom stereocenters. The molecule has 2 aromatic heterocycles. The van der Waals surface area contributed by atoms with Gasteiger partial charge in [-0.2, -0.15) is 0 Å². The summed E-state index contributed by atoms with van der Waals surface area (Å²) in [7, 11) is 0. The number of pyridine rings is 1. The van der Waals surface area contributed by atoms with E-state index in [1.54, 1.807) is 6.20 Å². The topological polar surface area (TPSA) is 43.8 Å². The Balaban J connectivity index is 2.22. The van der Waals surface area contributed by atoms with Crippen molar-refractivity contribution in [3.8, 4) is 0 Å².